The number of hydrogen-bond donors (Lipinski definition) is 1. The summed E-state index contributed by atoms with van der Waals surface area (Å²) < 4.78 is 4.44. The first-order valence-corrected chi connectivity index (χ1v) is 5.95. The summed E-state index contributed by atoms with van der Waals surface area (Å²) >= 11 is 0. The van der Waals surface area contributed by atoms with Crippen LogP contribution >= 0.6 is 0 Å². The Hall–Kier alpha value is -1.84. The third-order valence-electron chi connectivity index (χ3n) is 2.21. The van der Waals surface area contributed by atoms with Gasteiger partial charge in [-0.05, 0) is 12.0 Å². The number of rotatable bonds is 3. The molecule has 0 atom stereocenters. The van der Waals surface area contributed by atoms with Crippen molar-refractivity contribution in [1.82, 2.24) is 10.1 Å². The minimum atomic E-state index is -0.525. The number of benzene rings is 1. The van der Waals surface area contributed by atoms with Crippen LogP contribution in [0.25, 0.3) is 11.4 Å². The molecule has 0 aliphatic rings. The van der Waals surface area contributed by atoms with Crippen LogP contribution in [-0.2, 0) is 6.42 Å². The third-order valence-corrected chi connectivity index (χ3v) is 2.21. The van der Waals surface area contributed by atoms with Gasteiger partial charge in [-0.3, -0.25) is 9.51 Å². The van der Waals surface area contributed by atoms with Crippen LogP contribution in [0.3, 0.4) is 0 Å². The third kappa shape index (κ3) is 3.59. The van der Waals surface area contributed by atoms with Crippen LogP contribution < -0.4 is 5.76 Å². The summed E-state index contributed by atoms with van der Waals surface area (Å²) in [5.41, 5.74) is 2.15. The summed E-state index contributed by atoms with van der Waals surface area (Å²) in [5.74, 6) is -0.0503. The molecular weight excluding hydrogens is 216 g/mol. The van der Waals surface area contributed by atoms with Gasteiger partial charge in [0.1, 0.15) is 0 Å². The van der Waals surface area contributed by atoms with Gasteiger partial charge in [-0.15, -0.1) is 0 Å². The first-order chi connectivity index (χ1) is 8.29. The van der Waals surface area contributed by atoms with Crippen LogP contribution in [0.15, 0.2) is 33.6 Å². The molecular formula is C13H18N2O2. The fourth-order valence-electron chi connectivity index (χ4n) is 1.47. The fraction of sp³-hybridized carbons (Fsp3) is 0.385. The second-order valence-electron chi connectivity index (χ2n) is 3.39. The molecule has 2 rings (SSSR count). The van der Waals surface area contributed by atoms with Crippen LogP contribution in [0.4, 0.5) is 0 Å². The molecule has 0 amide bonds. The first kappa shape index (κ1) is 13.2. The van der Waals surface area contributed by atoms with Gasteiger partial charge in [0.15, 0.2) is 5.82 Å². The maximum Gasteiger partial charge on any atom is 0.439 e. The predicted octanol–water partition coefficient (Wildman–Crippen LogP) is 3.01. The van der Waals surface area contributed by atoms with Gasteiger partial charge in [-0.1, -0.05) is 56.6 Å². The summed E-state index contributed by atoms with van der Waals surface area (Å²) in [6.45, 7) is 6.14. The topological polar surface area (TPSA) is 58.9 Å². The largest absolute Gasteiger partial charge is 0.439 e. The van der Waals surface area contributed by atoms with Gasteiger partial charge in [-0.25, -0.2) is 4.79 Å². The van der Waals surface area contributed by atoms with Gasteiger partial charge in [0.2, 0.25) is 0 Å². The van der Waals surface area contributed by atoms with E-state index >= 15 is 0 Å². The van der Waals surface area contributed by atoms with Crippen molar-refractivity contribution < 1.29 is 4.52 Å². The molecule has 4 nitrogen and oxygen atoms in total. The minimum absolute atomic E-state index is 0.475. The van der Waals surface area contributed by atoms with Crippen LogP contribution in [0.1, 0.15) is 32.8 Å². The predicted molar refractivity (Wildman–Crippen MR) is 67.9 cm³/mol. The monoisotopic (exact) mass is 234 g/mol. The standard InChI is InChI=1S/C11H12N2O2.C2H6/c1-2-3-8-4-6-9(7-5-8)10-12-11(14)15-13-10;1-2/h4-7H,2-3H2,1H3,(H,12,13,14);1-2H3. The van der Waals surface area contributed by atoms with E-state index in [0.717, 1.165) is 18.4 Å². The van der Waals surface area contributed by atoms with E-state index in [1.807, 2.05) is 38.1 Å². The lowest BCUT2D eigenvalue weighted by atomic mass is 10.1. The molecule has 0 aliphatic heterocycles. The van der Waals surface area contributed by atoms with Crippen molar-refractivity contribution in [3.05, 3.63) is 40.4 Å². The average molecular weight is 234 g/mol. The van der Waals surface area contributed by atoms with E-state index in [9.17, 15) is 4.79 Å². The number of nitrogens with zero attached hydrogens (tertiary/aromatic N) is 1. The summed E-state index contributed by atoms with van der Waals surface area (Å²) in [6, 6.07) is 7.93. The fourth-order valence-corrected chi connectivity index (χ4v) is 1.47. The molecule has 0 spiro atoms. The Balaban J connectivity index is 0.000000686. The van der Waals surface area contributed by atoms with Crippen molar-refractivity contribution in [3.8, 4) is 11.4 Å². The zero-order chi connectivity index (χ0) is 12.7. The lowest BCUT2D eigenvalue weighted by Gasteiger charge is -1.99. The van der Waals surface area contributed by atoms with Gasteiger partial charge >= 0.3 is 5.76 Å². The average Bonchev–Trinajstić information content (AvgIpc) is 2.80. The maximum absolute atomic E-state index is 10.7. The Morgan fingerprint density at radius 1 is 1.24 bits per heavy atom. The Morgan fingerprint density at radius 3 is 2.35 bits per heavy atom. The number of hydrogen-bond acceptors (Lipinski definition) is 3. The molecule has 17 heavy (non-hydrogen) atoms. The molecule has 0 aliphatic carbocycles. The van der Waals surface area contributed by atoms with Gasteiger partial charge in [0.05, 0.1) is 0 Å². The van der Waals surface area contributed by atoms with E-state index in [1.165, 1.54) is 5.56 Å². The molecule has 0 unspecified atom stereocenters. The number of aromatic amines is 1. The van der Waals surface area contributed by atoms with Gasteiger partial charge in [0, 0.05) is 5.56 Å². The summed E-state index contributed by atoms with van der Waals surface area (Å²) in [4.78, 5) is 13.3. The van der Waals surface area contributed by atoms with Crippen molar-refractivity contribution in [2.75, 3.05) is 0 Å². The molecule has 0 fully saturated rings. The highest BCUT2D eigenvalue weighted by atomic mass is 16.5. The number of aromatic nitrogens is 2. The zero-order valence-electron chi connectivity index (χ0n) is 10.5. The van der Waals surface area contributed by atoms with Crippen LogP contribution in [0.5, 0.6) is 0 Å². The Labute approximate surface area is 101 Å². The van der Waals surface area contributed by atoms with Gasteiger partial charge in [0.25, 0.3) is 0 Å². The Morgan fingerprint density at radius 2 is 1.88 bits per heavy atom. The van der Waals surface area contributed by atoms with E-state index in [0.29, 0.717) is 5.82 Å². The molecule has 92 valence electrons. The smallest absolute Gasteiger partial charge is 0.296 e. The molecule has 1 N–H and O–H groups in total. The molecule has 0 radical (unpaired) electrons. The maximum atomic E-state index is 10.7. The Kier molecular flexibility index (Phi) is 5.20. The van der Waals surface area contributed by atoms with E-state index in [-0.39, 0.29) is 0 Å². The summed E-state index contributed by atoms with van der Waals surface area (Å²) in [6.07, 6.45) is 2.19. The first-order valence-electron chi connectivity index (χ1n) is 5.95. The second-order valence-corrected chi connectivity index (χ2v) is 3.39. The lowest BCUT2D eigenvalue weighted by Crippen LogP contribution is -1.94. The Bertz CT molecular complexity index is 483. The summed E-state index contributed by atoms with van der Waals surface area (Å²) in [7, 11) is 0. The molecule has 0 saturated heterocycles. The molecule has 1 heterocycles. The molecule has 1 aromatic carbocycles. The highest BCUT2D eigenvalue weighted by Gasteiger charge is 2.03. The minimum Gasteiger partial charge on any atom is -0.296 e. The van der Waals surface area contributed by atoms with E-state index < -0.39 is 5.76 Å². The van der Waals surface area contributed by atoms with Crippen molar-refractivity contribution in [2.24, 2.45) is 0 Å². The van der Waals surface area contributed by atoms with Crippen molar-refractivity contribution in [1.29, 1.82) is 0 Å². The summed E-state index contributed by atoms with van der Waals surface area (Å²) in [5, 5.41) is 3.62. The molecule has 4 heteroatoms. The molecule has 1 aromatic heterocycles. The van der Waals surface area contributed by atoms with E-state index in [4.69, 9.17) is 0 Å². The van der Waals surface area contributed by atoms with E-state index in [1.54, 1.807) is 0 Å². The molecule has 2 aromatic rings. The van der Waals surface area contributed by atoms with Gasteiger partial charge in [-0.2, -0.15) is 0 Å². The number of aryl methyl sites for hydroxylation is 1. The van der Waals surface area contributed by atoms with Crippen LogP contribution in [0.2, 0.25) is 0 Å². The SMILES string of the molecule is CC.CCCc1ccc(-c2noc(=O)[nH]2)cc1. The number of H-pyrrole nitrogens is 1. The van der Waals surface area contributed by atoms with E-state index in [2.05, 4.69) is 21.6 Å². The normalized spacial score (nSPS) is 9.59. The highest BCUT2D eigenvalue weighted by molar-refractivity contribution is 5.54. The highest BCUT2D eigenvalue weighted by Crippen LogP contribution is 2.14. The molecule has 0 bridgehead atoms. The van der Waals surface area contributed by atoms with Crippen molar-refractivity contribution in [2.45, 2.75) is 33.6 Å². The van der Waals surface area contributed by atoms with Crippen LogP contribution in [0, 0.1) is 0 Å². The van der Waals surface area contributed by atoms with Gasteiger partial charge < -0.3 is 0 Å². The molecule has 0 saturated carbocycles. The zero-order valence-corrected chi connectivity index (χ0v) is 10.5. The quantitative estimate of drug-likeness (QED) is 0.888. The van der Waals surface area contributed by atoms with Crippen molar-refractivity contribution in [3.63, 3.8) is 0 Å². The number of nitrogens with one attached hydrogen (secondary N) is 1. The van der Waals surface area contributed by atoms with Crippen LogP contribution in [-0.4, -0.2) is 10.1 Å². The van der Waals surface area contributed by atoms with Crippen molar-refractivity contribution >= 4 is 0 Å². The lowest BCUT2D eigenvalue weighted by molar-refractivity contribution is 0.388. The second kappa shape index (κ2) is 6.68.